The molecule has 1 amide bonds. The summed E-state index contributed by atoms with van der Waals surface area (Å²) in [6.45, 7) is 5.97. The molecule has 0 aliphatic carbocycles. The van der Waals surface area contributed by atoms with Crippen LogP contribution in [0.5, 0.6) is 5.75 Å². The molecule has 0 spiro atoms. The van der Waals surface area contributed by atoms with Gasteiger partial charge in [0.2, 0.25) is 5.95 Å². The number of nitrogens with zero attached hydrogens (tertiary/aromatic N) is 2. The first kappa shape index (κ1) is 20.3. The van der Waals surface area contributed by atoms with Crippen molar-refractivity contribution in [2.45, 2.75) is 33.6 Å². The molecule has 0 atom stereocenters. The number of hydrogen-bond acceptors (Lipinski definition) is 5. The summed E-state index contributed by atoms with van der Waals surface area (Å²) in [6.07, 6.45) is 2.15. The van der Waals surface area contributed by atoms with Gasteiger partial charge in [0.1, 0.15) is 5.75 Å². The summed E-state index contributed by atoms with van der Waals surface area (Å²) in [5, 5.41) is 6.00. The van der Waals surface area contributed by atoms with E-state index in [0.717, 1.165) is 29.9 Å². The van der Waals surface area contributed by atoms with Gasteiger partial charge in [0.25, 0.3) is 5.91 Å². The van der Waals surface area contributed by atoms with Crippen LogP contribution in [0, 0.1) is 13.8 Å². The molecule has 0 bridgehead atoms. The molecule has 1 aromatic heterocycles. The molecule has 2 N–H and O–H groups in total. The maximum Gasteiger partial charge on any atom is 0.262 e. The topological polar surface area (TPSA) is 76.1 Å². The highest BCUT2D eigenvalue weighted by Crippen LogP contribution is 2.18. The summed E-state index contributed by atoms with van der Waals surface area (Å²) in [5.41, 5.74) is 4.62. The molecule has 2 aromatic carbocycles. The van der Waals surface area contributed by atoms with Crippen molar-refractivity contribution in [2.24, 2.45) is 0 Å². The van der Waals surface area contributed by atoms with Crippen LogP contribution in [0.15, 0.2) is 54.6 Å². The lowest BCUT2D eigenvalue weighted by atomic mass is 10.1. The number of rotatable bonds is 8. The average molecular weight is 390 g/mol. The minimum absolute atomic E-state index is 0.0382. The zero-order valence-electron chi connectivity index (χ0n) is 17.0. The van der Waals surface area contributed by atoms with E-state index in [4.69, 9.17) is 4.74 Å². The van der Waals surface area contributed by atoms with Crippen LogP contribution in [0.4, 0.5) is 17.3 Å². The van der Waals surface area contributed by atoms with Crippen molar-refractivity contribution in [3.05, 3.63) is 71.5 Å². The predicted molar refractivity (Wildman–Crippen MR) is 116 cm³/mol. The Labute approximate surface area is 171 Å². The molecule has 0 aliphatic heterocycles. The van der Waals surface area contributed by atoms with E-state index in [0.29, 0.717) is 17.4 Å². The molecule has 150 valence electrons. The maximum absolute atomic E-state index is 12.1. The fourth-order valence-corrected chi connectivity index (χ4v) is 2.93. The molecule has 0 fully saturated rings. The van der Waals surface area contributed by atoms with Gasteiger partial charge in [-0.05, 0) is 68.3 Å². The Morgan fingerprint density at radius 1 is 0.931 bits per heavy atom. The molecule has 0 saturated carbocycles. The molecule has 0 aliphatic rings. The lowest BCUT2D eigenvalue weighted by Gasteiger charge is -2.10. The third-order valence-corrected chi connectivity index (χ3v) is 4.24. The van der Waals surface area contributed by atoms with Crippen molar-refractivity contribution < 1.29 is 9.53 Å². The number of ether oxygens (including phenoxy) is 1. The van der Waals surface area contributed by atoms with Crippen LogP contribution in [0.2, 0.25) is 0 Å². The second-order valence-electron chi connectivity index (χ2n) is 6.91. The number of aromatic nitrogens is 2. The number of benzene rings is 2. The first-order chi connectivity index (χ1) is 14.0. The Hall–Kier alpha value is -3.41. The Kier molecular flexibility index (Phi) is 6.79. The fraction of sp³-hybridized carbons (Fsp3) is 0.261. The monoisotopic (exact) mass is 390 g/mol. The third-order valence-electron chi connectivity index (χ3n) is 4.24. The first-order valence-electron chi connectivity index (χ1n) is 9.73. The van der Waals surface area contributed by atoms with Crippen LogP contribution < -0.4 is 15.4 Å². The molecule has 3 rings (SSSR count). The molecule has 0 radical (unpaired) electrons. The van der Waals surface area contributed by atoms with E-state index >= 15 is 0 Å². The van der Waals surface area contributed by atoms with Crippen molar-refractivity contribution in [3.63, 3.8) is 0 Å². The first-order valence-corrected chi connectivity index (χ1v) is 9.73. The standard InChI is InChI=1S/C23H26N4O2/c1-4-5-18-6-12-21(13-7-18)29-15-22(28)26-19-8-10-20(11-9-19)27-23-24-16(2)14-17(3)25-23/h6-14H,4-5,15H2,1-3H3,(H,26,28)(H,24,25,27). The maximum atomic E-state index is 12.1. The Balaban J connectivity index is 1.50. The van der Waals surface area contributed by atoms with E-state index in [1.54, 1.807) is 0 Å². The molecule has 1 heterocycles. The highest BCUT2D eigenvalue weighted by molar-refractivity contribution is 5.92. The number of anilines is 3. The molecule has 29 heavy (non-hydrogen) atoms. The Bertz CT molecular complexity index is 933. The van der Waals surface area contributed by atoms with E-state index in [1.165, 1.54) is 5.56 Å². The number of hydrogen-bond donors (Lipinski definition) is 2. The van der Waals surface area contributed by atoms with Gasteiger partial charge in [-0.1, -0.05) is 25.5 Å². The molecule has 3 aromatic rings. The van der Waals surface area contributed by atoms with E-state index in [9.17, 15) is 4.79 Å². The largest absolute Gasteiger partial charge is 0.484 e. The van der Waals surface area contributed by atoms with Crippen LogP contribution in [0.1, 0.15) is 30.3 Å². The zero-order valence-corrected chi connectivity index (χ0v) is 17.0. The summed E-state index contributed by atoms with van der Waals surface area (Å²) in [4.78, 5) is 20.9. The molecule has 6 nitrogen and oxygen atoms in total. The molecule has 0 unspecified atom stereocenters. The van der Waals surface area contributed by atoms with Gasteiger partial charge >= 0.3 is 0 Å². The highest BCUT2D eigenvalue weighted by Gasteiger charge is 2.05. The Morgan fingerprint density at radius 3 is 2.17 bits per heavy atom. The fourth-order valence-electron chi connectivity index (χ4n) is 2.93. The smallest absolute Gasteiger partial charge is 0.262 e. The van der Waals surface area contributed by atoms with E-state index in [-0.39, 0.29) is 12.5 Å². The molecule has 6 heteroatoms. The van der Waals surface area contributed by atoms with E-state index in [1.807, 2.05) is 68.4 Å². The van der Waals surface area contributed by atoms with Gasteiger partial charge < -0.3 is 15.4 Å². The predicted octanol–water partition coefficient (Wildman–Crippen LogP) is 4.81. The van der Waals surface area contributed by atoms with Gasteiger partial charge in [-0.3, -0.25) is 4.79 Å². The van der Waals surface area contributed by atoms with Crippen molar-refractivity contribution in [1.82, 2.24) is 9.97 Å². The second-order valence-corrected chi connectivity index (χ2v) is 6.91. The van der Waals surface area contributed by atoms with Gasteiger partial charge in [-0.25, -0.2) is 9.97 Å². The van der Waals surface area contributed by atoms with Crippen LogP contribution in [0.25, 0.3) is 0 Å². The van der Waals surface area contributed by atoms with Gasteiger partial charge in [0.05, 0.1) is 0 Å². The number of nitrogens with one attached hydrogen (secondary N) is 2. The van der Waals surface area contributed by atoms with Crippen molar-refractivity contribution in [3.8, 4) is 5.75 Å². The minimum Gasteiger partial charge on any atom is -0.484 e. The number of carbonyl (C=O) groups is 1. The third kappa shape index (κ3) is 6.31. The zero-order chi connectivity index (χ0) is 20.6. The normalized spacial score (nSPS) is 10.4. The van der Waals surface area contributed by atoms with Gasteiger partial charge in [-0.2, -0.15) is 0 Å². The van der Waals surface area contributed by atoms with Crippen molar-refractivity contribution >= 4 is 23.2 Å². The van der Waals surface area contributed by atoms with Crippen LogP contribution in [-0.4, -0.2) is 22.5 Å². The van der Waals surface area contributed by atoms with Crippen molar-refractivity contribution in [1.29, 1.82) is 0 Å². The lowest BCUT2D eigenvalue weighted by Crippen LogP contribution is -2.20. The second kappa shape index (κ2) is 9.68. The number of amides is 1. The van der Waals surface area contributed by atoms with E-state index in [2.05, 4.69) is 27.5 Å². The number of carbonyl (C=O) groups excluding carboxylic acids is 1. The van der Waals surface area contributed by atoms with Crippen molar-refractivity contribution in [2.75, 3.05) is 17.2 Å². The summed E-state index contributed by atoms with van der Waals surface area (Å²) < 4.78 is 5.56. The van der Waals surface area contributed by atoms with Crippen LogP contribution in [0.3, 0.4) is 0 Å². The van der Waals surface area contributed by atoms with Crippen LogP contribution >= 0.6 is 0 Å². The summed E-state index contributed by atoms with van der Waals surface area (Å²) in [7, 11) is 0. The van der Waals surface area contributed by atoms with Gasteiger partial charge in [0.15, 0.2) is 6.61 Å². The van der Waals surface area contributed by atoms with Gasteiger partial charge in [0, 0.05) is 22.8 Å². The number of aryl methyl sites for hydroxylation is 3. The molecular weight excluding hydrogens is 364 g/mol. The SMILES string of the molecule is CCCc1ccc(OCC(=O)Nc2ccc(Nc3nc(C)cc(C)n3)cc2)cc1. The molecular formula is C23H26N4O2. The summed E-state index contributed by atoms with van der Waals surface area (Å²) in [6, 6.07) is 17.1. The van der Waals surface area contributed by atoms with E-state index < -0.39 is 0 Å². The van der Waals surface area contributed by atoms with Gasteiger partial charge in [-0.15, -0.1) is 0 Å². The lowest BCUT2D eigenvalue weighted by molar-refractivity contribution is -0.118. The quantitative estimate of drug-likeness (QED) is 0.577. The summed E-state index contributed by atoms with van der Waals surface area (Å²) >= 11 is 0. The molecule has 0 saturated heterocycles. The Morgan fingerprint density at radius 2 is 1.55 bits per heavy atom. The summed E-state index contributed by atoms with van der Waals surface area (Å²) in [5.74, 6) is 1.03. The highest BCUT2D eigenvalue weighted by atomic mass is 16.5. The average Bonchev–Trinajstić information content (AvgIpc) is 2.68. The minimum atomic E-state index is -0.207. The van der Waals surface area contributed by atoms with Crippen LogP contribution in [-0.2, 0) is 11.2 Å².